The molecular formula is C18H13F9N2O2. The zero-order valence-corrected chi connectivity index (χ0v) is 15.3. The van der Waals surface area contributed by atoms with E-state index in [1.54, 1.807) is 0 Å². The normalized spacial score (nSPS) is 13.1. The molecule has 0 spiro atoms. The maximum Gasteiger partial charge on any atom is 0.430 e. The lowest BCUT2D eigenvalue weighted by Crippen LogP contribution is -2.53. The molecule has 0 heterocycles. The maximum atomic E-state index is 12.9. The Balaban J connectivity index is 2.21. The summed E-state index contributed by atoms with van der Waals surface area (Å²) in [7, 11) is 1.12. The van der Waals surface area contributed by atoms with Gasteiger partial charge in [0, 0.05) is 24.0 Å². The van der Waals surface area contributed by atoms with Gasteiger partial charge >= 0.3 is 24.6 Å². The first-order chi connectivity index (χ1) is 14.0. The SMILES string of the molecule is CN(C(=O)Nc1ccc(C(F)(F)F)cc1)c1ccc(C(O)(C(F)(F)F)C(F)(F)F)cc1. The zero-order valence-electron chi connectivity index (χ0n) is 15.3. The van der Waals surface area contributed by atoms with E-state index < -0.39 is 41.3 Å². The molecule has 0 aromatic heterocycles. The molecule has 13 heteroatoms. The molecule has 2 rings (SSSR count). The number of aliphatic hydroxyl groups is 1. The molecule has 0 aliphatic rings. The third-order valence-electron chi connectivity index (χ3n) is 4.26. The van der Waals surface area contributed by atoms with Gasteiger partial charge in [-0.3, -0.25) is 4.90 Å². The summed E-state index contributed by atoms with van der Waals surface area (Å²) in [5.74, 6) is 0. The monoisotopic (exact) mass is 460 g/mol. The minimum atomic E-state index is -6.06. The van der Waals surface area contributed by atoms with Crippen LogP contribution >= 0.6 is 0 Å². The summed E-state index contributed by atoms with van der Waals surface area (Å²) in [4.78, 5) is 13.0. The average molecular weight is 460 g/mol. The van der Waals surface area contributed by atoms with E-state index in [0.717, 1.165) is 36.2 Å². The first-order valence-electron chi connectivity index (χ1n) is 8.17. The molecule has 0 radical (unpaired) electrons. The van der Waals surface area contributed by atoms with Crippen molar-refractivity contribution in [3.05, 3.63) is 59.7 Å². The van der Waals surface area contributed by atoms with Crippen LogP contribution in [0.4, 0.5) is 55.7 Å². The Morgan fingerprint density at radius 1 is 0.774 bits per heavy atom. The molecule has 2 aromatic carbocycles. The number of nitrogens with one attached hydrogen (secondary N) is 1. The van der Waals surface area contributed by atoms with Crippen LogP contribution in [0, 0.1) is 0 Å². The second-order valence-electron chi connectivity index (χ2n) is 6.32. The van der Waals surface area contributed by atoms with Crippen molar-refractivity contribution >= 4 is 17.4 Å². The predicted octanol–water partition coefficient (Wildman–Crippen LogP) is 5.69. The van der Waals surface area contributed by atoms with Crippen molar-refractivity contribution in [1.29, 1.82) is 0 Å². The van der Waals surface area contributed by atoms with Gasteiger partial charge in [-0.05, 0) is 36.4 Å². The number of alkyl halides is 9. The van der Waals surface area contributed by atoms with Crippen molar-refractivity contribution in [1.82, 2.24) is 0 Å². The molecule has 0 fully saturated rings. The number of hydrogen-bond donors (Lipinski definition) is 2. The van der Waals surface area contributed by atoms with Gasteiger partial charge in [-0.1, -0.05) is 12.1 Å². The fourth-order valence-electron chi connectivity index (χ4n) is 2.48. The number of carbonyl (C=O) groups excluding carboxylic acids is 1. The lowest BCUT2D eigenvalue weighted by molar-refractivity contribution is -0.376. The highest BCUT2D eigenvalue weighted by molar-refractivity contribution is 6.01. The fraction of sp³-hybridized carbons (Fsp3) is 0.278. The Morgan fingerprint density at radius 2 is 1.19 bits per heavy atom. The average Bonchev–Trinajstić information content (AvgIpc) is 2.64. The number of halogens is 9. The fourth-order valence-corrected chi connectivity index (χ4v) is 2.48. The van der Waals surface area contributed by atoms with Crippen molar-refractivity contribution in [2.75, 3.05) is 17.3 Å². The Kier molecular flexibility index (Phi) is 6.23. The molecule has 2 aromatic rings. The summed E-state index contributed by atoms with van der Waals surface area (Å²) in [5, 5.41) is 11.6. The molecule has 0 bridgehead atoms. The van der Waals surface area contributed by atoms with Gasteiger partial charge in [0.05, 0.1) is 5.56 Å². The van der Waals surface area contributed by atoms with E-state index in [2.05, 4.69) is 5.32 Å². The third-order valence-corrected chi connectivity index (χ3v) is 4.26. The quantitative estimate of drug-likeness (QED) is 0.579. The highest BCUT2D eigenvalue weighted by Gasteiger charge is 2.71. The van der Waals surface area contributed by atoms with Crippen LogP contribution in [0.3, 0.4) is 0 Å². The van der Waals surface area contributed by atoms with Gasteiger partial charge in [0.25, 0.3) is 5.60 Å². The minimum Gasteiger partial charge on any atom is -0.369 e. The molecule has 0 aliphatic carbocycles. The van der Waals surface area contributed by atoms with E-state index in [4.69, 9.17) is 0 Å². The summed E-state index contributed by atoms with van der Waals surface area (Å²) in [6.07, 6.45) is -16.7. The Labute approximate surface area is 168 Å². The van der Waals surface area contributed by atoms with Crippen LogP contribution in [-0.2, 0) is 11.8 Å². The van der Waals surface area contributed by atoms with Crippen LogP contribution < -0.4 is 10.2 Å². The van der Waals surface area contributed by atoms with Gasteiger partial charge < -0.3 is 10.4 Å². The molecule has 0 unspecified atom stereocenters. The molecule has 170 valence electrons. The minimum absolute atomic E-state index is 0.0370. The third kappa shape index (κ3) is 4.86. The Hall–Kier alpha value is -2.96. The van der Waals surface area contributed by atoms with Crippen LogP contribution in [0.1, 0.15) is 11.1 Å². The number of amides is 2. The summed E-state index contributed by atoms with van der Waals surface area (Å²) in [5.41, 5.74) is -7.77. The lowest BCUT2D eigenvalue weighted by atomic mass is 9.92. The van der Waals surface area contributed by atoms with Crippen LogP contribution in [0.25, 0.3) is 0 Å². The van der Waals surface area contributed by atoms with Crippen molar-refractivity contribution in [2.24, 2.45) is 0 Å². The topological polar surface area (TPSA) is 52.6 Å². The van der Waals surface area contributed by atoms with E-state index >= 15 is 0 Å². The van der Waals surface area contributed by atoms with Crippen molar-refractivity contribution < 1.29 is 49.4 Å². The number of hydrogen-bond acceptors (Lipinski definition) is 2. The Bertz CT molecular complexity index is 904. The number of rotatable bonds is 3. The molecule has 31 heavy (non-hydrogen) atoms. The zero-order chi connectivity index (χ0) is 23.8. The number of benzene rings is 2. The van der Waals surface area contributed by atoms with E-state index in [-0.39, 0.29) is 11.4 Å². The van der Waals surface area contributed by atoms with E-state index in [9.17, 15) is 49.4 Å². The summed E-state index contributed by atoms with van der Waals surface area (Å²) in [6, 6.07) is 4.60. The van der Waals surface area contributed by atoms with E-state index in [0.29, 0.717) is 24.3 Å². The van der Waals surface area contributed by atoms with E-state index in [1.165, 1.54) is 0 Å². The van der Waals surface area contributed by atoms with Gasteiger partial charge in [0.1, 0.15) is 0 Å². The highest BCUT2D eigenvalue weighted by Crippen LogP contribution is 2.50. The maximum absolute atomic E-state index is 12.9. The molecule has 4 nitrogen and oxygen atoms in total. The number of nitrogens with zero attached hydrogens (tertiary/aromatic N) is 1. The van der Waals surface area contributed by atoms with Crippen molar-refractivity contribution in [3.63, 3.8) is 0 Å². The van der Waals surface area contributed by atoms with Crippen LogP contribution in [-0.4, -0.2) is 30.5 Å². The smallest absolute Gasteiger partial charge is 0.369 e. The van der Waals surface area contributed by atoms with Gasteiger partial charge in [0.15, 0.2) is 0 Å². The molecule has 0 aliphatic heterocycles. The molecule has 0 saturated heterocycles. The van der Waals surface area contributed by atoms with Crippen LogP contribution in [0.2, 0.25) is 0 Å². The summed E-state index contributed by atoms with van der Waals surface area (Å²) >= 11 is 0. The number of urea groups is 1. The number of anilines is 2. The standard InChI is InChI=1S/C18H13F9N2O2/c1-29(14(30)28-12-6-2-11(3-7-12)16(19,20)21)13-8-4-10(5-9-13)15(31,17(22,23)24)18(25,26)27/h2-9,31H,1H3,(H,28,30). The van der Waals surface area contributed by atoms with Gasteiger partial charge in [-0.25, -0.2) is 4.79 Å². The van der Waals surface area contributed by atoms with Crippen LogP contribution in [0.15, 0.2) is 48.5 Å². The molecule has 0 atom stereocenters. The molecule has 0 saturated carbocycles. The van der Waals surface area contributed by atoms with Gasteiger partial charge in [-0.2, -0.15) is 39.5 Å². The Morgan fingerprint density at radius 3 is 1.58 bits per heavy atom. The lowest BCUT2D eigenvalue weighted by Gasteiger charge is -2.32. The van der Waals surface area contributed by atoms with Crippen molar-refractivity contribution in [3.8, 4) is 0 Å². The van der Waals surface area contributed by atoms with Crippen LogP contribution in [0.5, 0.6) is 0 Å². The van der Waals surface area contributed by atoms with E-state index in [1.807, 2.05) is 0 Å². The highest BCUT2D eigenvalue weighted by atomic mass is 19.4. The first kappa shape index (κ1) is 24.3. The summed E-state index contributed by atoms with van der Waals surface area (Å²) < 4.78 is 115. The molecular weight excluding hydrogens is 447 g/mol. The van der Waals surface area contributed by atoms with Crippen molar-refractivity contribution in [2.45, 2.75) is 24.1 Å². The summed E-state index contributed by atoms with van der Waals surface area (Å²) in [6.45, 7) is 0. The number of carbonyl (C=O) groups is 1. The molecule has 2 amide bonds. The second kappa shape index (κ2) is 7.94. The molecule has 2 N–H and O–H groups in total. The second-order valence-corrected chi connectivity index (χ2v) is 6.32. The first-order valence-corrected chi connectivity index (χ1v) is 8.17. The van der Waals surface area contributed by atoms with Gasteiger partial charge in [-0.15, -0.1) is 0 Å². The largest absolute Gasteiger partial charge is 0.430 e. The van der Waals surface area contributed by atoms with Gasteiger partial charge in [0.2, 0.25) is 0 Å². The predicted molar refractivity (Wildman–Crippen MR) is 91.3 cm³/mol.